The summed E-state index contributed by atoms with van der Waals surface area (Å²) in [6.07, 6.45) is 5.84. The fraction of sp³-hybridized carbons (Fsp3) is 0.200. The molecule has 2 aromatic rings. The second-order valence-corrected chi connectivity index (χ2v) is 4.72. The Morgan fingerprint density at radius 1 is 1.37 bits per heavy atom. The number of fused-ring (bicyclic) bond motifs is 2. The van der Waals surface area contributed by atoms with E-state index in [4.69, 9.17) is 5.84 Å². The van der Waals surface area contributed by atoms with Crippen LogP contribution in [0, 0.1) is 0 Å². The minimum Gasteiger partial charge on any atom is -0.280 e. The summed E-state index contributed by atoms with van der Waals surface area (Å²) < 4.78 is 0. The largest absolute Gasteiger partial charge is 0.280 e. The van der Waals surface area contributed by atoms with Crippen LogP contribution in [-0.2, 0) is 6.42 Å². The molecule has 3 rings (SSSR count). The Kier molecular flexibility index (Phi) is 2.80. The van der Waals surface area contributed by atoms with Gasteiger partial charge < -0.3 is 0 Å². The molecule has 0 fully saturated rings. The average molecular weight is 253 g/mol. The first-order valence-corrected chi connectivity index (χ1v) is 6.29. The van der Waals surface area contributed by atoms with Crippen LogP contribution in [0.4, 0.5) is 0 Å². The van der Waals surface area contributed by atoms with Gasteiger partial charge in [-0.1, -0.05) is 24.3 Å². The molecule has 4 nitrogen and oxygen atoms in total. The highest BCUT2D eigenvalue weighted by Gasteiger charge is 2.21. The number of pyridine rings is 1. The van der Waals surface area contributed by atoms with E-state index in [9.17, 15) is 4.79 Å². The van der Waals surface area contributed by atoms with E-state index in [2.05, 4.69) is 11.1 Å². The molecule has 1 aliphatic rings. The van der Waals surface area contributed by atoms with Crippen LogP contribution in [0.25, 0.3) is 17.0 Å². The maximum Gasteiger partial charge on any atom is 0.268 e. The van der Waals surface area contributed by atoms with Crippen LogP contribution >= 0.6 is 0 Å². The number of carbonyl (C=O) groups excluding carboxylic acids is 1. The predicted octanol–water partition coefficient (Wildman–Crippen LogP) is 2.14. The highest BCUT2D eigenvalue weighted by Crippen LogP contribution is 2.28. The minimum absolute atomic E-state index is 0.162. The van der Waals surface area contributed by atoms with E-state index in [1.165, 1.54) is 0 Å². The smallest absolute Gasteiger partial charge is 0.268 e. The number of benzene rings is 1. The molecule has 0 atom stereocenters. The summed E-state index contributed by atoms with van der Waals surface area (Å²) in [7, 11) is 1.57. The Balaban J connectivity index is 2.38. The summed E-state index contributed by atoms with van der Waals surface area (Å²) in [6, 6.07) is 7.69. The second kappa shape index (κ2) is 4.48. The first kappa shape index (κ1) is 11.9. The van der Waals surface area contributed by atoms with Crippen LogP contribution in [0.2, 0.25) is 0 Å². The highest BCUT2D eigenvalue weighted by molar-refractivity contribution is 6.08. The van der Waals surface area contributed by atoms with E-state index in [-0.39, 0.29) is 5.91 Å². The fourth-order valence-corrected chi connectivity index (χ4v) is 2.50. The van der Waals surface area contributed by atoms with Crippen LogP contribution in [0.15, 0.2) is 30.3 Å². The molecule has 1 aromatic heterocycles. The number of hydrogen-bond acceptors (Lipinski definition) is 3. The van der Waals surface area contributed by atoms with Gasteiger partial charge in [0.15, 0.2) is 0 Å². The number of nitrogens with two attached hydrogens (primary N) is 1. The summed E-state index contributed by atoms with van der Waals surface area (Å²) in [6.45, 7) is 0. The van der Waals surface area contributed by atoms with Gasteiger partial charge in [0.05, 0.1) is 16.8 Å². The Labute approximate surface area is 111 Å². The number of aromatic nitrogens is 1. The molecule has 2 N–H and O–H groups in total. The predicted molar refractivity (Wildman–Crippen MR) is 75.4 cm³/mol. The van der Waals surface area contributed by atoms with E-state index in [1.54, 1.807) is 7.05 Å². The van der Waals surface area contributed by atoms with Gasteiger partial charge in [-0.2, -0.15) is 0 Å². The number of rotatable bonds is 1. The molecule has 0 saturated heterocycles. The van der Waals surface area contributed by atoms with E-state index in [0.29, 0.717) is 5.56 Å². The molecule has 1 amide bonds. The lowest BCUT2D eigenvalue weighted by molar-refractivity contribution is 0.0796. The summed E-state index contributed by atoms with van der Waals surface area (Å²) in [5.41, 5.74) is 3.41. The number of carbonyl (C=O) groups is 1. The molecule has 19 heavy (non-hydrogen) atoms. The Hall–Kier alpha value is -2.20. The molecule has 0 spiro atoms. The van der Waals surface area contributed by atoms with Crippen LogP contribution in [0.5, 0.6) is 0 Å². The zero-order chi connectivity index (χ0) is 13.4. The monoisotopic (exact) mass is 253 g/mol. The Bertz CT molecular complexity index is 689. The number of amides is 1. The lowest BCUT2D eigenvalue weighted by Crippen LogP contribution is -2.34. The molecule has 4 heteroatoms. The fourth-order valence-electron chi connectivity index (χ4n) is 2.50. The molecule has 1 aromatic carbocycles. The topological polar surface area (TPSA) is 59.2 Å². The van der Waals surface area contributed by atoms with Crippen molar-refractivity contribution in [3.05, 3.63) is 47.2 Å². The third-order valence-corrected chi connectivity index (χ3v) is 3.40. The molecular weight excluding hydrogens is 238 g/mol. The molecule has 0 aliphatic heterocycles. The van der Waals surface area contributed by atoms with Gasteiger partial charge in [0, 0.05) is 12.4 Å². The third-order valence-electron chi connectivity index (χ3n) is 3.40. The number of hydrogen-bond donors (Lipinski definition) is 1. The van der Waals surface area contributed by atoms with Crippen molar-refractivity contribution < 1.29 is 4.79 Å². The van der Waals surface area contributed by atoms with Gasteiger partial charge in [-0.3, -0.25) is 9.80 Å². The molecular formula is C15H15N3O. The molecule has 96 valence electrons. The molecule has 0 unspecified atom stereocenters. The summed E-state index contributed by atoms with van der Waals surface area (Å²) in [5, 5.41) is 2.01. The Morgan fingerprint density at radius 3 is 2.95 bits per heavy atom. The van der Waals surface area contributed by atoms with Gasteiger partial charge in [-0.15, -0.1) is 0 Å². The van der Waals surface area contributed by atoms with E-state index in [1.807, 2.05) is 30.3 Å². The molecule has 1 heterocycles. The first-order valence-electron chi connectivity index (χ1n) is 6.29. The van der Waals surface area contributed by atoms with Crippen molar-refractivity contribution in [2.45, 2.75) is 12.8 Å². The number of para-hydroxylation sites is 1. The lowest BCUT2D eigenvalue weighted by atomic mass is 9.93. The van der Waals surface area contributed by atoms with Crippen LogP contribution < -0.4 is 5.84 Å². The van der Waals surface area contributed by atoms with Crippen molar-refractivity contribution in [2.24, 2.45) is 5.84 Å². The van der Waals surface area contributed by atoms with Crippen molar-refractivity contribution >= 4 is 22.9 Å². The van der Waals surface area contributed by atoms with Gasteiger partial charge in [-0.25, -0.2) is 10.8 Å². The second-order valence-electron chi connectivity index (χ2n) is 4.72. The first-order chi connectivity index (χ1) is 9.18. The zero-order valence-corrected chi connectivity index (χ0v) is 10.8. The lowest BCUT2D eigenvalue weighted by Gasteiger charge is -2.19. The van der Waals surface area contributed by atoms with Crippen molar-refractivity contribution in [3.63, 3.8) is 0 Å². The minimum atomic E-state index is -0.162. The zero-order valence-electron chi connectivity index (χ0n) is 10.8. The van der Waals surface area contributed by atoms with Crippen molar-refractivity contribution in [2.75, 3.05) is 7.05 Å². The highest BCUT2D eigenvalue weighted by atomic mass is 16.2. The van der Waals surface area contributed by atoms with E-state index < -0.39 is 0 Å². The van der Waals surface area contributed by atoms with Crippen LogP contribution in [0.1, 0.15) is 28.0 Å². The molecule has 0 radical (unpaired) electrons. The summed E-state index contributed by atoms with van der Waals surface area (Å²) in [5.74, 6) is 5.48. The maximum absolute atomic E-state index is 12.4. The normalized spacial score (nSPS) is 13.4. The number of nitrogens with zero attached hydrogens (tertiary/aromatic N) is 2. The van der Waals surface area contributed by atoms with Gasteiger partial charge in [0.25, 0.3) is 5.91 Å². The standard InChI is InChI=1S/C15H15N3O/c1-18(16)15(19)14-10-6-2-4-8-12(10)17-13-9-5-3-7-11(13)14/h2,4-6,8-9H,3,7,16H2,1H3. The van der Waals surface area contributed by atoms with Gasteiger partial charge in [-0.05, 0) is 30.5 Å². The summed E-state index contributed by atoms with van der Waals surface area (Å²) >= 11 is 0. The third kappa shape index (κ3) is 1.90. The summed E-state index contributed by atoms with van der Waals surface area (Å²) in [4.78, 5) is 17.0. The van der Waals surface area contributed by atoms with Crippen LogP contribution in [0.3, 0.4) is 0 Å². The van der Waals surface area contributed by atoms with E-state index in [0.717, 1.165) is 40.0 Å². The average Bonchev–Trinajstić information content (AvgIpc) is 2.43. The SMILES string of the molecule is CN(N)C(=O)c1c2c(nc3ccccc13)C=CCC2. The number of allylic oxidation sites excluding steroid dienone is 1. The maximum atomic E-state index is 12.4. The Morgan fingerprint density at radius 2 is 2.16 bits per heavy atom. The molecule has 1 aliphatic carbocycles. The van der Waals surface area contributed by atoms with E-state index >= 15 is 0 Å². The quantitative estimate of drug-likeness (QED) is 0.481. The van der Waals surface area contributed by atoms with Gasteiger partial charge >= 0.3 is 0 Å². The number of hydrazine groups is 1. The van der Waals surface area contributed by atoms with Gasteiger partial charge in [0.2, 0.25) is 0 Å². The van der Waals surface area contributed by atoms with Gasteiger partial charge in [0.1, 0.15) is 0 Å². The molecule has 0 bridgehead atoms. The van der Waals surface area contributed by atoms with Crippen LogP contribution in [-0.4, -0.2) is 22.9 Å². The van der Waals surface area contributed by atoms with Crippen molar-refractivity contribution in [1.29, 1.82) is 0 Å². The molecule has 0 saturated carbocycles. The van der Waals surface area contributed by atoms with Crippen molar-refractivity contribution in [1.82, 2.24) is 9.99 Å². The van der Waals surface area contributed by atoms with Crippen molar-refractivity contribution in [3.8, 4) is 0 Å².